The second-order valence-electron chi connectivity index (χ2n) is 7.47. The van der Waals surface area contributed by atoms with Crippen LogP contribution in [0.3, 0.4) is 0 Å². The molecule has 1 aliphatic carbocycles. The van der Waals surface area contributed by atoms with Crippen LogP contribution in [0.4, 0.5) is 0 Å². The van der Waals surface area contributed by atoms with E-state index in [-0.39, 0.29) is 12.4 Å². The van der Waals surface area contributed by atoms with Crippen LogP contribution < -0.4 is 10.6 Å². The van der Waals surface area contributed by atoms with Crippen molar-refractivity contribution in [1.82, 2.24) is 15.6 Å². The molecule has 7 heteroatoms. The molecule has 0 bridgehead atoms. The second-order valence-corrected chi connectivity index (χ2v) is 8.50. The molecular weight excluding hydrogens is 394 g/mol. The molecule has 0 spiro atoms. The number of furan rings is 1. The molecule has 2 N–H and O–H groups in total. The smallest absolute Gasteiger partial charge is 0.163 e. The average molecular weight is 420 g/mol. The first-order valence-electron chi connectivity index (χ1n) is 9.86. The number of thiazole rings is 1. The number of hydrogen-bond acceptors (Lipinski definition) is 6. The zero-order valence-electron chi connectivity index (χ0n) is 15.7. The number of halogens is 1. The molecule has 0 radical (unpaired) electrons. The lowest BCUT2D eigenvalue weighted by Crippen LogP contribution is -2.50. The highest BCUT2D eigenvalue weighted by Crippen LogP contribution is 2.32. The normalized spacial score (nSPS) is 25.1. The van der Waals surface area contributed by atoms with Gasteiger partial charge in [-0.1, -0.05) is 18.6 Å². The van der Waals surface area contributed by atoms with Crippen LogP contribution in [-0.2, 0) is 11.3 Å². The summed E-state index contributed by atoms with van der Waals surface area (Å²) in [4.78, 5) is 4.69. The fraction of sp³-hybridized carbons (Fsp3) is 0.476. The Hall–Kier alpha value is -1.44. The summed E-state index contributed by atoms with van der Waals surface area (Å²) in [6, 6.07) is 13.3. The van der Waals surface area contributed by atoms with Crippen LogP contribution in [0.2, 0.25) is 0 Å². The maximum Gasteiger partial charge on any atom is 0.163 e. The van der Waals surface area contributed by atoms with Gasteiger partial charge in [-0.2, -0.15) is 0 Å². The molecule has 2 fully saturated rings. The average Bonchev–Trinajstić information content (AvgIpc) is 3.45. The number of aromatic nitrogens is 1. The number of benzene rings is 1. The third-order valence-corrected chi connectivity index (χ3v) is 6.79. The van der Waals surface area contributed by atoms with Crippen molar-refractivity contribution >= 4 is 34.0 Å². The molecule has 3 aromatic rings. The van der Waals surface area contributed by atoms with Gasteiger partial charge in [0.25, 0.3) is 0 Å². The quantitative estimate of drug-likeness (QED) is 0.648. The first kappa shape index (κ1) is 19.9. The van der Waals surface area contributed by atoms with Gasteiger partial charge in [-0.15, -0.1) is 23.7 Å². The van der Waals surface area contributed by atoms with Crippen LogP contribution in [0, 0.1) is 5.92 Å². The van der Waals surface area contributed by atoms with Gasteiger partial charge in [0.05, 0.1) is 30.0 Å². The van der Waals surface area contributed by atoms with Gasteiger partial charge in [-0.25, -0.2) is 4.98 Å². The van der Waals surface area contributed by atoms with E-state index in [9.17, 15) is 0 Å². The highest BCUT2D eigenvalue weighted by molar-refractivity contribution is 7.21. The number of nitrogens with zero attached hydrogens (tertiary/aromatic N) is 1. The van der Waals surface area contributed by atoms with Crippen molar-refractivity contribution in [3.05, 3.63) is 42.2 Å². The number of hydrogen-bond donors (Lipinski definition) is 2. The predicted octanol–water partition coefficient (Wildman–Crippen LogP) is 4.22. The third-order valence-electron chi connectivity index (χ3n) is 5.74. The minimum absolute atomic E-state index is 0. The highest BCUT2D eigenvalue weighted by atomic mass is 35.5. The largest absolute Gasteiger partial charge is 0.457 e. The van der Waals surface area contributed by atoms with E-state index in [2.05, 4.69) is 27.8 Å². The molecule has 1 saturated carbocycles. The molecule has 28 heavy (non-hydrogen) atoms. The molecule has 3 heterocycles. The van der Waals surface area contributed by atoms with Crippen LogP contribution in [0.15, 0.2) is 40.8 Å². The Kier molecular flexibility index (Phi) is 6.33. The van der Waals surface area contributed by atoms with Crippen molar-refractivity contribution in [1.29, 1.82) is 0 Å². The lowest BCUT2D eigenvalue weighted by molar-refractivity contribution is 0.0523. The van der Waals surface area contributed by atoms with Gasteiger partial charge < -0.3 is 19.8 Å². The van der Waals surface area contributed by atoms with Crippen LogP contribution in [0.1, 0.15) is 25.0 Å². The van der Waals surface area contributed by atoms with E-state index in [1.54, 1.807) is 11.3 Å². The van der Waals surface area contributed by atoms with E-state index >= 15 is 0 Å². The molecule has 3 atom stereocenters. The van der Waals surface area contributed by atoms with Crippen molar-refractivity contribution in [2.24, 2.45) is 5.92 Å². The number of fused-ring (bicyclic) bond motifs is 1. The Morgan fingerprint density at radius 1 is 1.18 bits per heavy atom. The molecule has 150 valence electrons. The first-order chi connectivity index (χ1) is 13.4. The van der Waals surface area contributed by atoms with Crippen LogP contribution in [0.25, 0.3) is 21.0 Å². The maximum absolute atomic E-state index is 6.08. The number of morpholine rings is 1. The molecule has 3 unspecified atom stereocenters. The summed E-state index contributed by atoms with van der Waals surface area (Å²) in [5, 5.41) is 8.31. The van der Waals surface area contributed by atoms with Crippen LogP contribution in [-0.4, -0.2) is 36.8 Å². The lowest BCUT2D eigenvalue weighted by Gasteiger charge is -2.32. The topological polar surface area (TPSA) is 59.3 Å². The van der Waals surface area contributed by atoms with E-state index in [1.807, 2.05) is 24.3 Å². The SMILES string of the molecule is Cl.c1ccc2sc(-c3ccc(CNC4CCCC4C4COCCN4)o3)nc2c1. The molecule has 5 rings (SSSR count). The highest BCUT2D eigenvalue weighted by Gasteiger charge is 2.34. The fourth-order valence-corrected chi connectivity index (χ4v) is 5.31. The molecule has 1 aromatic carbocycles. The number of rotatable bonds is 5. The summed E-state index contributed by atoms with van der Waals surface area (Å²) in [6.45, 7) is 3.41. The summed E-state index contributed by atoms with van der Waals surface area (Å²) in [6.07, 6.45) is 3.79. The van der Waals surface area contributed by atoms with Gasteiger partial charge in [0.15, 0.2) is 10.8 Å². The lowest BCUT2D eigenvalue weighted by atomic mass is 9.94. The fourth-order valence-electron chi connectivity index (χ4n) is 4.38. The molecule has 1 saturated heterocycles. The number of para-hydroxylation sites is 1. The molecule has 5 nitrogen and oxygen atoms in total. The van der Waals surface area contributed by atoms with E-state index in [4.69, 9.17) is 9.15 Å². The van der Waals surface area contributed by atoms with Gasteiger partial charge >= 0.3 is 0 Å². The summed E-state index contributed by atoms with van der Waals surface area (Å²) in [7, 11) is 0. The summed E-state index contributed by atoms with van der Waals surface area (Å²) in [5.74, 6) is 2.48. The predicted molar refractivity (Wildman–Crippen MR) is 115 cm³/mol. The Bertz CT molecular complexity index is 873. The monoisotopic (exact) mass is 419 g/mol. The van der Waals surface area contributed by atoms with Gasteiger partial charge in [0, 0.05) is 18.6 Å². The summed E-state index contributed by atoms with van der Waals surface area (Å²) in [5.41, 5.74) is 1.03. The van der Waals surface area contributed by atoms with Gasteiger partial charge in [-0.3, -0.25) is 0 Å². The number of ether oxygens (including phenoxy) is 1. The van der Waals surface area contributed by atoms with E-state index in [1.165, 1.54) is 24.0 Å². The zero-order valence-corrected chi connectivity index (χ0v) is 17.4. The van der Waals surface area contributed by atoms with Crippen molar-refractivity contribution in [2.45, 2.75) is 37.9 Å². The Balaban J connectivity index is 0.00000192. The van der Waals surface area contributed by atoms with Crippen molar-refractivity contribution in [3.8, 4) is 10.8 Å². The molecule has 1 aliphatic heterocycles. The number of nitrogens with one attached hydrogen (secondary N) is 2. The zero-order chi connectivity index (χ0) is 18.1. The summed E-state index contributed by atoms with van der Waals surface area (Å²) < 4.78 is 12.9. The van der Waals surface area contributed by atoms with Crippen LogP contribution >= 0.6 is 23.7 Å². The first-order valence-corrected chi connectivity index (χ1v) is 10.7. The molecule has 2 aromatic heterocycles. The Labute approximate surface area is 175 Å². The molecule has 0 amide bonds. The minimum Gasteiger partial charge on any atom is -0.457 e. The third kappa shape index (κ3) is 4.11. The van der Waals surface area contributed by atoms with Crippen molar-refractivity contribution in [2.75, 3.05) is 19.8 Å². The maximum atomic E-state index is 6.08. The Morgan fingerprint density at radius 2 is 2.11 bits per heavy atom. The summed E-state index contributed by atoms with van der Waals surface area (Å²) >= 11 is 1.68. The van der Waals surface area contributed by atoms with E-state index in [0.717, 1.165) is 48.3 Å². The minimum atomic E-state index is 0. The van der Waals surface area contributed by atoms with Crippen LogP contribution in [0.5, 0.6) is 0 Å². The standard InChI is InChI=1S/C21H25N3O2S.ClH/c1-2-7-20-17(5-1)24-21(27-20)19-9-8-14(26-19)12-23-16-6-3-4-15(16)18-13-25-11-10-22-18;/h1-2,5,7-9,15-16,18,22-23H,3-4,6,10-13H2;1H. The van der Waals surface area contributed by atoms with E-state index in [0.29, 0.717) is 18.0 Å². The molecular formula is C21H26ClN3O2S. The van der Waals surface area contributed by atoms with Crippen molar-refractivity contribution in [3.63, 3.8) is 0 Å². The van der Waals surface area contributed by atoms with Gasteiger partial charge in [0.1, 0.15) is 5.76 Å². The van der Waals surface area contributed by atoms with Gasteiger partial charge in [0.2, 0.25) is 0 Å². The van der Waals surface area contributed by atoms with E-state index < -0.39 is 0 Å². The second kappa shape index (κ2) is 8.93. The van der Waals surface area contributed by atoms with Gasteiger partial charge in [-0.05, 0) is 43.0 Å². The Morgan fingerprint density at radius 3 is 2.96 bits per heavy atom. The molecule has 2 aliphatic rings. The van der Waals surface area contributed by atoms with Crippen molar-refractivity contribution < 1.29 is 9.15 Å².